The van der Waals surface area contributed by atoms with E-state index in [9.17, 15) is 4.79 Å². The molecule has 132 valence electrons. The van der Waals surface area contributed by atoms with Gasteiger partial charge in [-0.15, -0.1) is 0 Å². The zero-order chi connectivity index (χ0) is 17.5. The Kier molecular flexibility index (Phi) is 6.04. The number of carbonyl (C=O) groups excluding carboxylic acids is 1. The molecule has 3 rings (SSSR count). The third kappa shape index (κ3) is 5.05. The first-order chi connectivity index (χ1) is 12.2. The summed E-state index contributed by atoms with van der Waals surface area (Å²) >= 11 is 0. The van der Waals surface area contributed by atoms with Crippen molar-refractivity contribution >= 4 is 11.8 Å². The smallest absolute Gasteiger partial charge is 0.411 e. The molecule has 5 nitrogen and oxygen atoms in total. The van der Waals surface area contributed by atoms with Gasteiger partial charge in [0.2, 0.25) is 0 Å². The monoisotopic (exact) mass is 340 g/mol. The third-order valence-corrected chi connectivity index (χ3v) is 4.37. The second-order valence-electron chi connectivity index (χ2n) is 6.19. The minimum Gasteiger partial charge on any atom is -0.444 e. The van der Waals surface area contributed by atoms with Crippen LogP contribution in [0.5, 0.6) is 0 Å². The Hall–Kier alpha value is -2.37. The average molecular weight is 340 g/mol. The Balaban J connectivity index is 1.53. The fourth-order valence-electron chi connectivity index (χ4n) is 2.98. The van der Waals surface area contributed by atoms with Gasteiger partial charge < -0.3 is 9.47 Å². The van der Waals surface area contributed by atoms with Gasteiger partial charge in [-0.2, -0.15) is 0 Å². The molecule has 1 aliphatic heterocycles. The standard InChI is InChI=1S/C20H24N2O3/c1-24-12-11-22-10-9-17-13-19(8-7-18(17)14-22)21-20(23)25-15-16-5-3-2-4-6-16/h2-8,13H,9-12,14-15H2,1H3,(H,21,23). The summed E-state index contributed by atoms with van der Waals surface area (Å²) in [6, 6.07) is 15.7. The van der Waals surface area contributed by atoms with Crippen molar-refractivity contribution in [2.75, 3.05) is 32.1 Å². The van der Waals surface area contributed by atoms with E-state index in [1.807, 2.05) is 42.5 Å². The van der Waals surface area contributed by atoms with Crippen LogP contribution < -0.4 is 5.32 Å². The molecule has 0 aliphatic carbocycles. The Morgan fingerprint density at radius 1 is 1.16 bits per heavy atom. The Morgan fingerprint density at radius 2 is 2.00 bits per heavy atom. The van der Waals surface area contributed by atoms with E-state index in [1.54, 1.807) is 7.11 Å². The number of nitrogens with one attached hydrogen (secondary N) is 1. The number of anilines is 1. The molecule has 0 atom stereocenters. The van der Waals surface area contributed by atoms with Crippen molar-refractivity contribution in [3.63, 3.8) is 0 Å². The van der Waals surface area contributed by atoms with E-state index >= 15 is 0 Å². The van der Waals surface area contributed by atoms with Crippen molar-refractivity contribution in [2.24, 2.45) is 0 Å². The zero-order valence-electron chi connectivity index (χ0n) is 14.5. The summed E-state index contributed by atoms with van der Waals surface area (Å²) in [4.78, 5) is 14.4. The van der Waals surface area contributed by atoms with Gasteiger partial charge in [0.25, 0.3) is 0 Å². The molecule has 5 heteroatoms. The van der Waals surface area contributed by atoms with Gasteiger partial charge in [0.05, 0.1) is 6.61 Å². The third-order valence-electron chi connectivity index (χ3n) is 4.37. The molecule has 2 aromatic carbocycles. The van der Waals surface area contributed by atoms with Crippen molar-refractivity contribution in [3.8, 4) is 0 Å². The van der Waals surface area contributed by atoms with E-state index < -0.39 is 6.09 Å². The molecule has 0 unspecified atom stereocenters. The predicted molar refractivity (Wildman–Crippen MR) is 97.5 cm³/mol. The zero-order valence-corrected chi connectivity index (χ0v) is 14.5. The highest BCUT2D eigenvalue weighted by atomic mass is 16.5. The van der Waals surface area contributed by atoms with Crippen LogP contribution in [0.15, 0.2) is 48.5 Å². The molecule has 25 heavy (non-hydrogen) atoms. The van der Waals surface area contributed by atoms with Crippen molar-refractivity contribution < 1.29 is 14.3 Å². The number of carbonyl (C=O) groups is 1. The summed E-state index contributed by atoms with van der Waals surface area (Å²) in [6.45, 7) is 3.91. The summed E-state index contributed by atoms with van der Waals surface area (Å²) < 4.78 is 10.4. The lowest BCUT2D eigenvalue weighted by atomic mass is 9.99. The van der Waals surface area contributed by atoms with Crippen molar-refractivity contribution in [1.82, 2.24) is 4.90 Å². The lowest BCUT2D eigenvalue weighted by Crippen LogP contribution is -2.33. The maximum atomic E-state index is 12.0. The highest BCUT2D eigenvalue weighted by Crippen LogP contribution is 2.22. The van der Waals surface area contributed by atoms with Crippen molar-refractivity contribution in [3.05, 3.63) is 65.2 Å². The van der Waals surface area contributed by atoms with Gasteiger partial charge in [-0.05, 0) is 35.2 Å². The molecule has 0 aromatic heterocycles. The van der Waals surface area contributed by atoms with Crippen LogP contribution in [0.4, 0.5) is 10.5 Å². The SMILES string of the molecule is COCCN1CCc2cc(NC(=O)OCc3ccccc3)ccc2C1. The molecule has 0 spiro atoms. The number of methoxy groups -OCH3 is 1. The van der Waals surface area contributed by atoms with Crippen LogP contribution in [0.2, 0.25) is 0 Å². The highest BCUT2D eigenvalue weighted by Gasteiger charge is 2.16. The molecular formula is C20H24N2O3. The van der Waals surface area contributed by atoms with E-state index in [-0.39, 0.29) is 6.61 Å². The quantitative estimate of drug-likeness (QED) is 0.875. The van der Waals surface area contributed by atoms with Crippen LogP contribution in [0.1, 0.15) is 16.7 Å². The number of ether oxygens (including phenoxy) is 2. The Bertz CT molecular complexity index is 703. The number of rotatable bonds is 6. The van der Waals surface area contributed by atoms with E-state index in [4.69, 9.17) is 9.47 Å². The van der Waals surface area contributed by atoms with Crippen LogP contribution in [-0.2, 0) is 29.0 Å². The molecule has 0 radical (unpaired) electrons. The van der Waals surface area contributed by atoms with E-state index in [0.29, 0.717) is 0 Å². The molecule has 1 heterocycles. The summed E-state index contributed by atoms with van der Waals surface area (Å²) in [7, 11) is 1.73. The number of benzene rings is 2. The minimum atomic E-state index is -0.429. The normalized spacial score (nSPS) is 14.0. The maximum Gasteiger partial charge on any atom is 0.411 e. The van der Waals surface area contributed by atoms with Crippen molar-refractivity contribution in [2.45, 2.75) is 19.6 Å². The van der Waals surface area contributed by atoms with Crippen LogP contribution in [0.25, 0.3) is 0 Å². The molecule has 1 amide bonds. The van der Waals surface area contributed by atoms with Gasteiger partial charge in [0.15, 0.2) is 0 Å². The van der Waals surface area contributed by atoms with Gasteiger partial charge in [0.1, 0.15) is 6.61 Å². The first kappa shape index (κ1) is 17.5. The second kappa shape index (κ2) is 8.65. The summed E-state index contributed by atoms with van der Waals surface area (Å²) in [6.07, 6.45) is 0.550. The molecule has 0 bridgehead atoms. The predicted octanol–water partition coefficient (Wildman–Crippen LogP) is 3.44. The fraction of sp³-hybridized carbons (Fsp3) is 0.350. The maximum absolute atomic E-state index is 12.0. The average Bonchev–Trinajstić information content (AvgIpc) is 2.65. The van der Waals surface area contributed by atoms with Crippen LogP contribution in [0, 0.1) is 0 Å². The lowest BCUT2D eigenvalue weighted by Gasteiger charge is -2.28. The summed E-state index contributed by atoms with van der Waals surface area (Å²) in [5.74, 6) is 0. The summed E-state index contributed by atoms with van der Waals surface area (Å²) in [5.41, 5.74) is 4.35. The number of nitrogens with zero attached hydrogens (tertiary/aromatic N) is 1. The van der Waals surface area contributed by atoms with Crippen LogP contribution >= 0.6 is 0 Å². The molecular weight excluding hydrogens is 316 g/mol. The number of hydrogen-bond donors (Lipinski definition) is 1. The first-order valence-corrected chi connectivity index (χ1v) is 8.55. The molecule has 0 fully saturated rings. The molecule has 1 aliphatic rings. The van der Waals surface area contributed by atoms with Gasteiger partial charge >= 0.3 is 6.09 Å². The van der Waals surface area contributed by atoms with E-state index in [2.05, 4.69) is 16.3 Å². The number of hydrogen-bond acceptors (Lipinski definition) is 4. The molecule has 2 aromatic rings. The minimum absolute atomic E-state index is 0.270. The largest absolute Gasteiger partial charge is 0.444 e. The van der Waals surface area contributed by atoms with Crippen LogP contribution in [-0.4, -0.2) is 37.8 Å². The lowest BCUT2D eigenvalue weighted by molar-refractivity contribution is 0.141. The first-order valence-electron chi connectivity index (χ1n) is 8.55. The Labute approximate surface area is 148 Å². The Morgan fingerprint density at radius 3 is 2.80 bits per heavy atom. The number of amides is 1. The second-order valence-corrected chi connectivity index (χ2v) is 6.19. The van der Waals surface area contributed by atoms with Gasteiger partial charge in [-0.25, -0.2) is 4.79 Å². The molecule has 0 saturated carbocycles. The van der Waals surface area contributed by atoms with Gasteiger partial charge in [0, 0.05) is 32.4 Å². The van der Waals surface area contributed by atoms with Crippen LogP contribution in [0.3, 0.4) is 0 Å². The number of fused-ring (bicyclic) bond motifs is 1. The summed E-state index contributed by atoms with van der Waals surface area (Å²) in [5, 5.41) is 2.81. The van der Waals surface area contributed by atoms with Gasteiger partial charge in [-0.1, -0.05) is 36.4 Å². The highest BCUT2D eigenvalue weighted by molar-refractivity contribution is 5.84. The fourth-order valence-corrected chi connectivity index (χ4v) is 2.98. The van der Waals surface area contributed by atoms with Gasteiger partial charge in [-0.3, -0.25) is 10.2 Å². The molecule has 0 saturated heterocycles. The topological polar surface area (TPSA) is 50.8 Å². The van der Waals surface area contributed by atoms with E-state index in [1.165, 1.54) is 11.1 Å². The molecule has 1 N–H and O–H groups in total. The van der Waals surface area contributed by atoms with E-state index in [0.717, 1.165) is 43.9 Å². The van der Waals surface area contributed by atoms with Crippen molar-refractivity contribution in [1.29, 1.82) is 0 Å².